The van der Waals surface area contributed by atoms with Crippen molar-refractivity contribution >= 4 is 45.4 Å². The zero-order chi connectivity index (χ0) is 39.1. The molecule has 0 aliphatic heterocycles. The van der Waals surface area contributed by atoms with Gasteiger partial charge in [-0.3, -0.25) is 6.08 Å². The molecule has 0 aromatic heterocycles. The van der Waals surface area contributed by atoms with Gasteiger partial charge in [-0.15, -0.1) is 48.6 Å². The van der Waals surface area contributed by atoms with Gasteiger partial charge in [0.05, 0.1) is 0 Å². The zero-order valence-corrected chi connectivity index (χ0v) is 41.1. The molecule has 3 aromatic rings. The van der Waals surface area contributed by atoms with Crippen LogP contribution in [0.25, 0.3) is 16.3 Å². The van der Waals surface area contributed by atoms with Crippen molar-refractivity contribution in [2.75, 3.05) is 0 Å². The van der Waals surface area contributed by atoms with Crippen molar-refractivity contribution in [1.29, 1.82) is 0 Å². The maximum absolute atomic E-state index is 3.37. The quantitative estimate of drug-likeness (QED) is 0.214. The first-order chi connectivity index (χ1) is 25.6. The second kappa shape index (κ2) is 19.0. The van der Waals surface area contributed by atoms with E-state index in [0.717, 1.165) is 6.42 Å². The van der Waals surface area contributed by atoms with Crippen LogP contribution in [0.5, 0.6) is 0 Å². The molecule has 0 spiro atoms. The molecule has 0 N–H and O–H groups in total. The number of allylic oxidation sites excluding steroid dienone is 10. The standard InChI is InChI=1S/C29H37.C13H19.C10H7.CH3.CH2.2ClH.Zr/c1-18-25-22-17-19-13-9-10-14-20(19)24(22)21-15-11-12-16-23(21)29(25,8)28(6,7)27(4,5)26(18,2)3;1-11-6-7-12(10-11)13(2)8-4-3-5-9-13;1-2-6-10-8-4-3-7-9(10)5-1;;;;;/h9-11,13-15,23H,12,16-17H2,1-8H3;7,10-11H,3-5,8-9H2,1-2H3;1-3,5-8H;1H3;1H2;2*1H;/q4*-1;;;;. The molecule has 0 saturated heterocycles. The number of fused-ring (bicyclic) bond motifs is 7. The van der Waals surface area contributed by atoms with Gasteiger partial charge >= 0.3 is 28.4 Å². The van der Waals surface area contributed by atoms with Crippen molar-refractivity contribution in [3.63, 3.8) is 0 Å². The molecule has 0 nitrogen and oxygen atoms in total. The summed E-state index contributed by atoms with van der Waals surface area (Å²) in [4.78, 5) is 0. The first-order valence-electron chi connectivity index (χ1n) is 20.7. The number of rotatable bonds is 1. The minimum absolute atomic E-state index is 0. The molecule has 6 aliphatic carbocycles. The fourth-order valence-corrected chi connectivity index (χ4v) is 11.2. The van der Waals surface area contributed by atoms with Crippen LogP contribution < -0.4 is 0 Å². The smallest absolute Gasteiger partial charge is 0.0648 e. The van der Waals surface area contributed by atoms with Crippen LogP contribution in [0.1, 0.15) is 125 Å². The summed E-state index contributed by atoms with van der Waals surface area (Å²) in [6.07, 6.45) is 23.5. The summed E-state index contributed by atoms with van der Waals surface area (Å²) >= 11 is 1.30. The Labute approximate surface area is 376 Å². The first-order valence-corrected chi connectivity index (χ1v) is 22.5. The maximum Gasteiger partial charge on any atom is -0.0648 e. The van der Waals surface area contributed by atoms with Gasteiger partial charge in [-0.25, -0.2) is 12.0 Å². The van der Waals surface area contributed by atoms with Crippen LogP contribution in [-0.4, -0.2) is 4.21 Å². The molecule has 2 fully saturated rings. The third-order valence-corrected chi connectivity index (χ3v) is 16.0. The van der Waals surface area contributed by atoms with Crippen LogP contribution in [0.2, 0.25) is 0 Å². The van der Waals surface area contributed by atoms with E-state index < -0.39 is 0 Å². The van der Waals surface area contributed by atoms with Gasteiger partial charge in [0.15, 0.2) is 0 Å². The Balaban J connectivity index is 0.000000258. The molecular formula is C54H70Cl2Zr-4. The van der Waals surface area contributed by atoms with E-state index in [1.807, 2.05) is 24.3 Å². The van der Waals surface area contributed by atoms with Crippen LogP contribution in [0.15, 0.2) is 113 Å². The molecule has 3 heteroatoms. The number of hydrogen-bond donors (Lipinski definition) is 0. The van der Waals surface area contributed by atoms with Gasteiger partial charge < -0.3 is 7.43 Å². The summed E-state index contributed by atoms with van der Waals surface area (Å²) in [5, 5.41) is 2.53. The molecule has 0 bridgehead atoms. The topological polar surface area (TPSA) is 0 Å². The Morgan fingerprint density at radius 3 is 2.07 bits per heavy atom. The molecule has 0 radical (unpaired) electrons. The summed E-state index contributed by atoms with van der Waals surface area (Å²) < 4.78 is 3.34. The predicted molar refractivity (Wildman–Crippen MR) is 251 cm³/mol. The average Bonchev–Trinajstić information content (AvgIpc) is 3.80. The monoisotopic (exact) mass is 878 g/mol. The van der Waals surface area contributed by atoms with Crippen molar-refractivity contribution in [2.45, 2.75) is 121 Å². The second-order valence-corrected chi connectivity index (χ2v) is 18.9. The largest absolute Gasteiger partial charge is 0.358 e. The Morgan fingerprint density at radius 1 is 0.807 bits per heavy atom. The minimum Gasteiger partial charge on any atom is -0.358 e. The van der Waals surface area contributed by atoms with E-state index in [4.69, 9.17) is 0 Å². The Morgan fingerprint density at radius 2 is 1.44 bits per heavy atom. The molecule has 3 atom stereocenters. The van der Waals surface area contributed by atoms with Gasteiger partial charge in [-0.05, 0) is 40.6 Å². The molecule has 0 amide bonds. The van der Waals surface area contributed by atoms with Crippen LogP contribution in [0.4, 0.5) is 0 Å². The van der Waals surface area contributed by atoms with Crippen molar-refractivity contribution in [2.24, 2.45) is 38.9 Å². The normalized spacial score (nSPS) is 26.0. The minimum atomic E-state index is 0. The number of hydrogen-bond acceptors (Lipinski definition) is 0. The van der Waals surface area contributed by atoms with Gasteiger partial charge in [0.1, 0.15) is 0 Å². The molecule has 0 heterocycles. The van der Waals surface area contributed by atoms with Gasteiger partial charge in [0.25, 0.3) is 0 Å². The Hall–Kier alpha value is -2.18. The van der Waals surface area contributed by atoms with Crippen molar-refractivity contribution < 1.29 is 24.2 Å². The molecule has 3 aromatic carbocycles. The van der Waals surface area contributed by atoms with Gasteiger partial charge in [-0.1, -0.05) is 189 Å². The van der Waals surface area contributed by atoms with E-state index in [1.165, 1.54) is 91.1 Å². The molecule has 3 unspecified atom stereocenters. The van der Waals surface area contributed by atoms with Crippen LogP contribution in [-0.2, 0) is 30.7 Å². The summed E-state index contributed by atoms with van der Waals surface area (Å²) in [5.74, 6) is 2.79. The Bertz CT molecular complexity index is 1950. The summed E-state index contributed by atoms with van der Waals surface area (Å²) in [6.45, 7) is 24.9. The summed E-state index contributed by atoms with van der Waals surface area (Å²) in [7, 11) is 0. The molecule has 57 heavy (non-hydrogen) atoms. The second-order valence-electron chi connectivity index (χ2n) is 18.9. The van der Waals surface area contributed by atoms with Crippen molar-refractivity contribution in [3.05, 3.63) is 150 Å². The van der Waals surface area contributed by atoms with E-state index in [-0.39, 0.29) is 53.9 Å². The molecule has 6 aliphatic rings. The van der Waals surface area contributed by atoms with Gasteiger partial charge in [-0.2, -0.15) is 47.1 Å². The first kappa shape index (κ1) is 49.2. The van der Waals surface area contributed by atoms with Crippen LogP contribution in [0, 0.1) is 64.4 Å². The number of benzene rings is 3. The predicted octanol–water partition coefficient (Wildman–Crippen LogP) is 15.8. The molecule has 9 rings (SSSR count). The van der Waals surface area contributed by atoms with Crippen molar-refractivity contribution in [1.82, 2.24) is 0 Å². The maximum atomic E-state index is 3.37. The molecule has 308 valence electrons. The average molecular weight is 881 g/mol. The van der Waals surface area contributed by atoms with Crippen molar-refractivity contribution in [3.8, 4) is 0 Å². The summed E-state index contributed by atoms with van der Waals surface area (Å²) in [5.41, 5.74) is 12.3. The van der Waals surface area contributed by atoms with E-state index >= 15 is 0 Å². The zero-order valence-electron chi connectivity index (χ0n) is 37.0. The SMILES string of the molecule is CC1[C-]=CC(C2(C)CCCCC2)=C1.C[C-]1C2=C3Cc4ccccc4C3=C3C=CCCC3C2(C)C(C)(C)C(C)(C)C1(C)C.Cl.Cl.[CH2]=[Zr].[CH3-].[c-]1ccc2ccccc2c1. The fourth-order valence-electron chi connectivity index (χ4n) is 11.2. The Kier molecular flexibility index (Phi) is 16.4. The molecule has 2 saturated carbocycles. The van der Waals surface area contributed by atoms with Crippen LogP contribution >= 0.6 is 24.8 Å². The van der Waals surface area contributed by atoms with E-state index in [9.17, 15) is 0 Å². The van der Waals surface area contributed by atoms with E-state index in [2.05, 4.69) is 152 Å². The van der Waals surface area contributed by atoms with Gasteiger partial charge in [0, 0.05) is 0 Å². The van der Waals surface area contributed by atoms with E-state index in [1.54, 1.807) is 33.8 Å². The summed E-state index contributed by atoms with van der Waals surface area (Å²) in [6, 6.07) is 26.5. The third-order valence-electron chi connectivity index (χ3n) is 16.0. The number of halogens is 2. The van der Waals surface area contributed by atoms with Crippen LogP contribution in [0.3, 0.4) is 0 Å². The third kappa shape index (κ3) is 8.32. The molecular weight excluding hydrogens is 811 g/mol. The van der Waals surface area contributed by atoms with E-state index in [0.29, 0.717) is 17.3 Å². The fraction of sp³-hybridized carbons (Fsp3) is 0.463. The van der Waals surface area contributed by atoms with Gasteiger partial charge in [0.2, 0.25) is 0 Å².